The Bertz CT molecular complexity index is 1630. The number of benzene rings is 5. The fourth-order valence-electron chi connectivity index (χ4n) is 8.65. The lowest BCUT2D eigenvalue weighted by Crippen LogP contribution is -2.56. The molecule has 0 spiro atoms. The van der Waals surface area contributed by atoms with E-state index in [0.29, 0.717) is 24.4 Å². The average molecular weight is 665 g/mol. The Labute approximate surface area is 296 Å². The molecule has 0 radical (unpaired) electrons. The molecule has 3 fully saturated rings. The molecule has 5 aromatic rings. The fraction of sp³-hybridized carbons (Fsp3) is 0.318. The number of methoxy groups -OCH3 is 2. The van der Waals surface area contributed by atoms with Gasteiger partial charge in [-0.25, -0.2) is 0 Å². The first-order valence-electron chi connectivity index (χ1n) is 17.9. The largest absolute Gasteiger partial charge is 0.461 e. The third-order valence-corrected chi connectivity index (χ3v) is 11.3. The molecule has 50 heavy (non-hydrogen) atoms. The zero-order valence-electron chi connectivity index (χ0n) is 28.8. The average Bonchev–Trinajstić information content (AvgIpc) is 4.11. The predicted molar refractivity (Wildman–Crippen MR) is 196 cm³/mol. The molecule has 0 bridgehead atoms. The second-order valence-electron chi connectivity index (χ2n) is 14.0. The van der Waals surface area contributed by atoms with Crippen molar-refractivity contribution in [2.45, 2.75) is 48.7 Å². The first kappa shape index (κ1) is 33.1. The highest BCUT2D eigenvalue weighted by Crippen LogP contribution is 2.64. The van der Waals surface area contributed by atoms with Gasteiger partial charge in [0, 0.05) is 14.2 Å². The molecule has 6 heteroatoms. The molecule has 0 aromatic heterocycles. The summed E-state index contributed by atoms with van der Waals surface area (Å²) >= 11 is 0. The van der Waals surface area contributed by atoms with Crippen molar-refractivity contribution < 1.29 is 23.5 Å². The van der Waals surface area contributed by atoms with E-state index in [9.17, 15) is 0 Å². The number of hydrogen-bond acceptors (Lipinski definition) is 5. The highest BCUT2D eigenvalue weighted by Gasteiger charge is 2.67. The molecular formula is C44H45BO5. The van der Waals surface area contributed by atoms with E-state index < -0.39 is 30.5 Å². The van der Waals surface area contributed by atoms with Crippen LogP contribution >= 0.6 is 0 Å². The summed E-state index contributed by atoms with van der Waals surface area (Å²) in [6.45, 7) is 1.45. The van der Waals surface area contributed by atoms with E-state index in [1.54, 1.807) is 14.2 Å². The molecule has 8 rings (SSSR count). The van der Waals surface area contributed by atoms with E-state index in [2.05, 4.69) is 121 Å². The first-order chi connectivity index (χ1) is 24.7. The van der Waals surface area contributed by atoms with Gasteiger partial charge in [0.25, 0.3) is 0 Å². The second kappa shape index (κ2) is 14.3. The summed E-state index contributed by atoms with van der Waals surface area (Å²) in [7, 11) is 3.17. The fourth-order valence-corrected chi connectivity index (χ4v) is 8.65. The zero-order chi connectivity index (χ0) is 34.0. The van der Waals surface area contributed by atoms with Crippen molar-refractivity contribution in [3.63, 3.8) is 0 Å². The maximum atomic E-state index is 7.34. The monoisotopic (exact) mass is 664 g/mol. The van der Waals surface area contributed by atoms with Crippen LogP contribution in [-0.2, 0) is 41.3 Å². The van der Waals surface area contributed by atoms with E-state index in [0.717, 1.165) is 35.3 Å². The van der Waals surface area contributed by atoms with Gasteiger partial charge >= 0.3 is 7.12 Å². The van der Waals surface area contributed by atoms with Gasteiger partial charge in [-0.2, -0.15) is 0 Å². The summed E-state index contributed by atoms with van der Waals surface area (Å²) in [6, 6.07) is 52.2. The third kappa shape index (κ3) is 6.04. The van der Waals surface area contributed by atoms with Gasteiger partial charge < -0.3 is 23.5 Å². The van der Waals surface area contributed by atoms with Crippen LogP contribution in [0.25, 0.3) is 0 Å². The van der Waals surface area contributed by atoms with Gasteiger partial charge in [0.05, 0.1) is 13.2 Å². The van der Waals surface area contributed by atoms with Crippen molar-refractivity contribution in [3.05, 3.63) is 179 Å². The Morgan fingerprint density at radius 3 is 1.34 bits per heavy atom. The van der Waals surface area contributed by atoms with Crippen LogP contribution in [0.4, 0.5) is 0 Å². The van der Waals surface area contributed by atoms with Crippen LogP contribution in [0.2, 0.25) is 5.82 Å². The molecule has 2 aliphatic carbocycles. The zero-order valence-corrected chi connectivity index (χ0v) is 28.8. The minimum atomic E-state index is -0.993. The molecule has 254 valence electrons. The second-order valence-corrected chi connectivity index (χ2v) is 14.0. The van der Waals surface area contributed by atoms with E-state index >= 15 is 0 Å². The Hall–Kier alpha value is -4.04. The first-order valence-corrected chi connectivity index (χ1v) is 17.9. The number of rotatable bonds is 14. The van der Waals surface area contributed by atoms with Crippen LogP contribution in [0.1, 0.15) is 40.7 Å². The van der Waals surface area contributed by atoms with Crippen molar-refractivity contribution in [1.82, 2.24) is 0 Å². The molecule has 0 N–H and O–H groups in total. The Morgan fingerprint density at radius 1 is 0.540 bits per heavy atom. The molecule has 5 aromatic carbocycles. The van der Waals surface area contributed by atoms with Crippen LogP contribution in [0.3, 0.4) is 0 Å². The Balaban J connectivity index is 1.16. The summed E-state index contributed by atoms with van der Waals surface area (Å²) in [4.78, 5) is 0. The standard InChI is InChI=1S/C44H45BO5/c1-46-43(34-20-10-4-11-21-34,35-22-12-5-13-23-35)41-42(44(47-2,36-24-14-6-15-25-36)37-26-16-7-17-27-37)50-45(49-41)40-29-39(40)38-28-33(38)31-48-30-32-18-8-3-9-19-32/h3-27,33,38-42H,28-31H2,1-2H3/t33-,38-,39-,40-,41+,42+/m0/s1. The van der Waals surface area contributed by atoms with Gasteiger partial charge in [0.15, 0.2) is 0 Å². The highest BCUT2D eigenvalue weighted by atomic mass is 16.7. The van der Waals surface area contributed by atoms with Crippen molar-refractivity contribution in [1.29, 1.82) is 0 Å². The van der Waals surface area contributed by atoms with Gasteiger partial charge in [-0.1, -0.05) is 152 Å². The van der Waals surface area contributed by atoms with Gasteiger partial charge in [0.1, 0.15) is 23.4 Å². The smallest absolute Gasteiger partial charge is 0.402 e. The van der Waals surface area contributed by atoms with Gasteiger partial charge in [-0.05, 0) is 64.2 Å². The lowest BCUT2D eigenvalue weighted by Gasteiger charge is -2.47. The van der Waals surface area contributed by atoms with Gasteiger partial charge in [-0.15, -0.1) is 0 Å². The Morgan fingerprint density at radius 2 is 0.940 bits per heavy atom. The lowest BCUT2D eigenvalue weighted by molar-refractivity contribution is -0.136. The predicted octanol–water partition coefficient (Wildman–Crippen LogP) is 8.68. The highest BCUT2D eigenvalue weighted by molar-refractivity contribution is 6.48. The molecule has 2 saturated carbocycles. The van der Waals surface area contributed by atoms with Crippen LogP contribution < -0.4 is 0 Å². The van der Waals surface area contributed by atoms with Crippen molar-refractivity contribution in [2.75, 3.05) is 20.8 Å². The molecule has 1 saturated heterocycles. The Kier molecular flexibility index (Phi) is 9.47. The van der Waals surface area contributed by atoms with E-state index in [1.807, 2.05) is 30.3 Å². The molecule has 3 aliphatic rings. The van der Waals surface area contributed by atoms with Crippen molar-refractivity contribution in [3.8, 4) is 0 Å². The minimum Gasteiger partial charge on any atom is -0.402 e. The van der Waals surface area contributed by atoms with Crippen LogP contribution in [-0.4, -0.2) is 40.2 Å². The maximum absolute atomic E-state index is 7.34. The normalized spacial score (nSPS) is 24.6. The maximum Gasteiger partial charge on any atom is 0.461 e. The SMILES string of the molecule is COC(c1ccccc1)(c1ccccc1)[C@@H]1OB([C@H]2C[C@H]2[C@H]2C[C@H]2COCc2ccccc2)O[C@H]1C(OC)(c1ccccc1)c1ccccc1. The van der Waals surface area contributed by atoms with Crippen LogP contribution in [0, 0.1) is 17.8 Å². The summed E-state index contributed by atoms with van der Waals surface area (Å²) in [5.41, 5.74) is 3.25. The quantitative estimate of drug-likeness (QED) is 0.111. The van der Waals surface area contributed by atoms with E-state index in [-0.39, 0.29) is 5.82 Å². The number of hydrogen-bond donors (Lipinski definition) is 0. The van der Waals surface area contributed by atoms with Crippen molar-refractivity contribution >= 4 is 7.12 Å². The van der Waals surface area contributed by atoms with Gasteiger partial charge in [0.2, 0.25) is 0 Å². The van der Waals surface area contributed by atoms with Crippen molar-refractivity contribution in [2.24, 2.45) is 17.8 Å². The van der Waals surface area contributed by atoms with Crippen LogP contribution in [0.15, 0.2) is 152 Å². The summed E-state index contributed by atoms with van der Waals surface area (Å²) in [6.07, 6.45) is 1.15. The van der Waals surface area contributed by atoms with E-state index in [4.69, 9.17) is 23.5 Å². The molecule has 0 amide bonds. The summed E-state index contributed by atoms with van der Waals surface area (Å²) in [5, 5.41) is 0. The lowest BCUT2D eigenvalue weighted by atomic mass is 9.71. The minimum absolute atomic E-state index is 0.286. The molecule has 1 heterocycles. The molecule has 0 unspecified atom stereocenters. The van der Waals surface area contributed by atoms with Crippen LogP contribution in [0.5, 0.6) is 0 Å². The molecule has 6 atom stereocenters. The third-order valence-electron chi connectivity index (χ3n) is 11.3. The summed E-state index contributed by atoms with van der Waals surface area (Å²) < 4.78 is 34.4. The molecular weight excluding hydrogens is 619 g/mol. The molecule has 1 aliphatic heterocycles. The van der Waals surface area contributed by atoms with E-state index in [1.165, 1.54) is 12.0 Å². The summed E-state index contributed by atoms with van der Waals surface area (Å²) in [5.74, 6) is 2.04. The number of ether oxygens (including phenoxy) is 3. The topological polar surface area (TPSA) is 46.2 Å². The van der Waals surface area contributed by atoms with Gasteiger partial charge in [-0.3, -0.25) is 0 Å². The molecule has 5 nitrogen and oxygen atoms in total.